The van der Waals surface area contributed by atoms with Crippen LogP contribution in [0.1, 0.15) is 11.6 Å². The summed E-state index contributed by atoms with van der Waals surface area (Å²) < 4.78 is 27.5. The first-order valence-electron chi connectivity index (χ1n) is 6.97. The topological polar surface area (TPSA) is 49.4 Å². The van der Waals surface area contributed by atoms with Gasteiger partial charge in [-0.1, -0.05) is 53.5 Å². The number of hydrogen-bond donors (Lipinski definition) is 1. The zero-order valence-electron chi connectivity index (χ0n) is 12.8. The second-order valence-electron chi connectivity index (χ2n) is 5.32. The molecular formula is C16H18Cl2N2O2S. The molecule has 0 aliphatic carbocycles. The molecular weight excluding hydrogens is 355 g/mol. The smallest absolute Gasteiger partial charge is 0.240 e. The quantitative estimate of drug-likeness (QED) is 0.842. The number of nitrogens with zero attached hydrogens (tertiary/aromatic N) is 1. The second kappa shape index (κ2) is 7.64. The number of benzene rings is 2. The molecule has 7 heteroatoms. The third-order valence-corrected chi connectivity index (χ3v) is 5.64. The molecule has 0 amide bonds. The van der Waals surface area contributed by atoms with E-state index in [1.54, 1.807) is 0 Å². The van der Waals surface area contributed by atoms with Gasteiger partial charge in [0, 0.05) is 12.6 Å². The van der Waals surface area contributed by atoms with Crippen molar-refractivity contribution >= 4 is 33.2 Å². The van der Waals surface area contributed by atoms with Gasteiger partial charge in [-0.05, 0) is 37.9 Å². The van der Waals surface area contributed by atoms with E-state index in [1.807, 2.05) is 49.3 Å². The highest BCUT2D eigenvalue weighted by molar-refractivity contribution is 7.89. The molecule has 0 aliphatic heterocycles. The van der Waals surface area contributed by atoms with Gasteiger partial charge in [0.2, 0.25) is 10.0 Å². The number of sulfonamides is 1. The Hall–Kier alpha value is -1.11. The molecule has 0 spiro atoms. The third-order valence-electron chi connectivity index (χ3n) is 3.48. The molecule has 0 unspecified atom stereocenters. The molecule has 0 heterocycles. The van der Waals surface area contributed by atoms with Gasteiger partial charge in [-0.15, -0.1) is 0 Å². The van der Waals surface area contributed by atoms with Crippen molar-refractivity contribution in [1.29, 1.82) is 0 Å². The Kier molecular flexibility index (Phi) is 6.06. The zero-order chi connectivity index (χ0) is 17.0. The van der Waals surface area contributed by atoms with Crippen LogP contribution in [0.5, 0.6) is 0 Å². The van der Waals surface area contributed by atoms with Crippen molar-refractivity contribution in [2.75, 3.05) is 20.6 Å². The fourth-order valence-corrected chi connectivity index (χ4v) is 3.62. The minimum Gasteiger partial charge on any atom is -0.301 e. The average Bonchev–Trinajstić information content (AvgIpc) is 2.50. The standard InChI is InChI=1S/C16H18Cl2N2O2S/c1-20(2)16(12-6-4-3-5-7-12)11-19-23(21,22)13-8-9-14(17)15(18)10-13/h3-10,16,19H,11H2,1-2H3/t16-/m1/s1. The van der Waals surface area contributed by atoms with Crippen LogP contribution < -0.4 is 4.72 Å². The van der Waals surface area contributed by atoms with Gasteiger partial charge in [0.25, 0.3) is 0 Å². The summed E-state index contributed by atoms with van der Waals surface area (Å²) in [5.41, 5.74) is 1.04. The van der Waals surface area contributed by atoms with E-state index in [1.165, 1.54) is 18.2 Å². The Morgan fingerprint density at radius 3 is 2.26 bits per heavy atom. The Morgan fingerprint density at radius 1 is 1.04 bits per heavy atom. The number of nitrogens with one attached hydrogen (secondary N) is 1. The summed E-state index contributed by atoms with van der Waals surface area (Å²) in [7, 11) is 0.160. The molecule has 23 heavy (non-hydrogen) atoms. The first-order chi connectivity index (χ1) is 10.8. The molecule has 0 fully saturated rings. The van der Waals surface area contributed by atoms with Crippen molar-refractivity contribution in [2.45, 2.75) is 10.9 Å². The van der Waals surface area contributed by atoms with Gasteiger partial charge in [0.1, 0.15) is 0 Å². The van der Waals surface area contributed by atoms with Gasteiger partial charge in [-0.3, -0.25) is 0 Å². The lowest BCUT2D eigenvalue weighted by atomic mass is 10.1. The third kappa shape index (κ3) is 4.68. The number of rotatable bonds is 6. The van der Waals surface area contributed by atoms with Crippen molar-refractivity contribution in [2.24, 2.45) is 0 Å². The molecule has 0 aromatic heterocycles. The van der Waals surface area contributed by atoms with E-state index in [0.29, 0.717) is 5.02 Å². The molecule has 1 N–H and O–H groups in total. The molecule has 2 aromatic rings. The Bertz CT molecular complexity index is 765. The van der Waals surface area contributed by atoms with Gasteiger partial charge in [-0.25, -0.2) is 13.1 Å². The highest BCUT2D eigenvalue weighted by Crippen LogP contribution is 2.25. The number of hydrogen-bond acceptors (Lipinski definition) is 3. The summed E-state index contributed by atoms with van der Waals surface area (Å²) >= 11 is 11.7. The highest BCUT2D eigenvalue weighted by Gasteiger charge is 2.20. The van der Waals surface area contributed by atoms with Gasteiger partial charge in [0.05, 0.1) is 14.9 Å². The molecule has 2 rings (SSSR count). The van der Waals surface area contributed by atoms with E-state index in [0.717, 1.165) is 5.56 Å². The molecule has 1 atom stereocenters. The van der Waals surface area contributed by atoms with Gasteiger partial charge < -0.3 is 4.90 Å². The van der Waals surface area contributed by atoms with Gasteiger partial charge in [0.15, 0.2) is 0 Å². The molecule has 124 valence electrons. The van der Waals surface area contributed by atoms with Crippen LogP contribution in [0, 0.1) is 0 Å². The summed E-state index contributed by atoms with van der Waals surface area (Å²) in [6.07, 6.45) is 0. The van der Waals surface area contributed by atoms with Crippen LogP contribution in [0.2, 0.25) is 10.0 Å². The summed E-state index contributed by atoms with van der Waals surface area (Å²) in [6.45, 7) is 0.250. The lowest BCUT2D eigenvalue weighted by Crippen LogP contribution is -2.34. The fourth-order valence-electron chi connectivity index (χ4n) is 2.19. The van der Waals surface area contributed by atoms with Crippen molar-refractivity contribution < 1.29 is 8.42 Å². The number of likely N-dealkylation sites (N-methyl/N-ethyl adjacent to an activating group) is 1. The molecule has 0 saturated heterocycles. The fraction of sp³-hybridized carbons (Fsp3) is 0.250. The minimum atomic E-state index is -3.66. The van der Waals surface area contributed by atoms with Crippen LogP contribution >= 0.6 is 23.2 Å². The van der Waals surface area contributed by atoms with Gasteiger partial charge >= 0.3 is 0 Å². The molecule has 4 nitrogen and oxygen atoms in total. The Balaban J connectivity index is 2.18. The molecule has 0 aliphatic rings. The van der Waals surface area contributed by atoms with E-state index >= 15 is 0 Å². The zero-order valence-corrected chi connectivity index (χ0v) is 15.2. The van der Waals surface area contributed by atoms with Crippen LogP contribution in [-0.2, 0) is 10.0 Å². The lowest BCUT2D eigenvalue weighted by molar-refractivity contribution is 0.299. The number of halogens is 2. The summed E-state index contributed by atoms with van der Waals surface area (Å²) in [5.74, 6) is 0. The van der Waals surface area contributed by atoms with Crippen molar-refractivity contribution in [3.63, 3.8) is 0 Å². The Morgan fingerprint density at radius 2 is 1.70 bits per heavy atom. The van der Waals surface area contributed by atoms with Crippen LogP contribution in [0.15, 0.2) is 53.4 Å². The average molecular weight is 373 g/mol. The molecule has 0 saturated carbocycles. The molecule has 2 aromatic carbocycles. The monoisotopic (exact) mass is 372 g/mol. The maximum Gasteiger partial charge on any atom is 0.240 e. The predicted octanol–water partition coefficient (Wildman–Crippen LogP) is 3.57. The minimum absolute atomic E-state index is 0.0752. The van der Waals surface area contributed by atoms with Crippen molar-refractivity contribution in [1.82, 2.24) is 9.62 Å². The second-order valence-corrected chi connectivity index (χ2v) is 7.90. The highest BCUT2D eigenvalue weighted by atomic mass is 35.5. The van der Waals surface area contributed by atoms with Crippen molar-refractivity contribution in [3.05, 3.63) is 64.1 Å². The molecule has 0 radical (unpaired) electrons. The first-order valence-corrected chi connectivity index (χ1v) is 9.21. The van der Waals surface area contributed by atoms with Crippen LogP contribution in [0.3, 0.4) is 0 Å². The summed E-state index contributed by atoms with van der Waals surface area (Å²) in [5, 5.41) is 0.530. The Labute approximate surface area is 147 Å². The summed E-state index contributed by atoms with van der Waals surface area (Å²) in [6, 6.07) is 13.9. The normalized spacial score (nSPS) is 13.3. The van der Waals surface area contributed by atoms with E-state index in [-0.39, 0.29) is 22.5 Å². The summed E-state index contributed by atoms with van der Waals surface area (Å²) in [4.78, 5) is 2.06. The van der Waals surface area contributed by atoms with Crippen LogP contribution in [0.25, 0.3) is 0 Å². The van der Waals surface area contributed by atoms with E-state index in [4.69, 9.17) is 23.2 Å². The van der Waals surface area contributed by atoms with Crippen molar-refractivity contribution in [3.8, 4) is 0 Å². The SMILES string of the molecule is CN(C)[C@H](CNS(=O)(=O)c1ccc(Cl)c(Cl)c1)c1ccccc1. The first kappa shape index (κ1) is 18.2. The molecule has 0 bridgehead atoms. The van der Waals surface area contributed by atoms with Crippen LogP contribution in [0.4, 0.5) is 0 Å². The van der Waals surface area contributed by atoms with E-state index < -0.39 is 10.0 Å². The largest absolute Gasteiger partial charge is 0.301 e. The van der Waals surface area contributed by atoms with Gasteiger partial charge in [-0.2, -0.15) is 0 Å². The maximum absolute atomic E-state index is 12.4. The maximum atomic E-state index is 12.4. The lowest BCUT2D eigenvalue weighted by Gasteiger charge is -2.25. The van der Waals surface area contributed by atoms with E-state index in [2.05, 4.69) is 4.72 Å². The van der Waals surface area contributed by atoms with E-state index in [9.17, 15) is 8.42 Å². The van der Waals surface area contributed by atoms with Crippen LogP contribution in [-0.4, -0.2) is 34.0 Å². The predicted molar refractivity (Wildman–Crippen MR) is 94.5 cm³/mol.